The Kier molecular flexibility index (Phi) is 7.66. The van der Waals surface area contributed by atoms with E-state index in [9.17, 15) is 30.7 Å². The first-order valence-electron chi connectivity index (χ1n) is 10.0. The van der Waals surface area contributed by atoms with E-state index in [1.165, 1.54) is 6.07 Å². The number of hydrogen-bond acceptors (Lipinski definition) is 3. The Morgan fingerprint density at radius 1 is 0.938 bits per heavy atom. The minimum absolute atomic E-state index is 0.161. The van der Waals surface area contributed by atoms with Crippen molar-refractivity contribution in [2.45, 2.75) is 45.0 Å². The Balaban J connectivity index is 1.64. The molecule has 3 nitrogen and oxygen atoms in total. The van der Waals surface area contributed by atoms with Crippen molar-refractivity contribution < 1.29 is 44.9 Å². The topological polar surface area (TPSA) is 27.7 Å². The molecule has 0 spiro atoms. The van der Waals surface area contributed by atoms with E-state index in [1.807, 2.05) is 6.92 Å². The number of halogens is 7. The lowest BCUT2D eigenvalue weighted by Crippen LogP contribution is -2.28. The van der Waals surface area contributed by atoms with Crippen LogP contribution in [0.3, 0.4) is 0 Å². The molecule has 0 atom stereocenters. The van der Waals surface area contributed by atoms with Crippen molar-refractivity contribution in [3.63, 3.8) is 0 Å². The molecule has 32 heavy (non-hydrogen) atoms. The Hall–Kier alpha value is -2.33. The van der Waals surface area contributed by atoms with Crippen LogP contribution < -0.4 is 4.74 Å². The molecule has 0 unspecified atom stereocenters. The third-order valence-corrected chi connectivity index (χ3v) is 5.02. The summed E-state index contributed by atoms with van der Waals surface area (Å²) in [4.78, 5) is 0. The summed E-state index contributed by atoms with van der Waals surface area (Å²) in [6.45, 7) is 2.66. The highest BCUT2D eigenvalue weighted by molar-refractivity contribution is 5.28. The smallest absolute Gasteiger partial charge is 0.398 e. The van der Waals surface area contributed by atoms with E-state index in [1.54, 1.807) is 0 Å². The van der Waals surface area contributed by atoms with E-state index in [4.69, 9.17) is 9.47 Å². The highest BCUT2D eigenvalue weighted by Crippen LogP contribution is 2.32. The summed E-state index contributed by atoms with van der Waals surface area (Å²) in [5.41, 5.74) is -0.535. The predicted octanol–water partition coefficient (Wildman–Crippen LogP) is 6.45. The molecule has 3 rings (SSSR count). The minimum atomic E-state index is -3.98. The van der Waals surface area contributed by atoms with Crippen LogP contribution in [0.5, 0.6) is 5.75 Å². The molecule has 10 heteroatoms. The van der Waals surface area contributed by atoms with Crippen LogP contribution >= 0.6 is 0 Å². The average Bonchev–Trinajstić information content (AvgIpc) is 2.74. The summed E-state index contributed by atoms with van der Waals surface area (Å²) >= 11 is 0. The van der Waals surface area contributed by atoms with Gasteiger partial charge < -0.3 is 14.2 Å². The molecule has 1 saturated heterocycles. The van der Waals surface area contributed by atoms with Gasteiger partial charge in [0.25, 0.3) is 0 Å². The van der Waals surface area contributed by atoms with E-state index in [-0.39, 0.29) is 29.2 Å². The van der Waals surface area contributed by atoms with Crippen LogP contribution in [-0.4, -0.2) is 19.3 Å². The van der Waals surface area contributed by atoms with Gasteiger partial charge in [-0.3, -0.25) is 0 Å². The number of aryl methyl sites for hydroxylation is 1. The van der Waals surface area contributed by atoms with Crippen LogP contribution in [0.25, 0.3) is 0 Å². The van der Waals surface area contributed by atoms with Crippen LogP contribution in [0.15, 0.2) is 24.3 Å². The van der Waals surface area contributed by atoms with E-state index >= 15 is 0 Å². The van der Waals surface area contributed by atoms with Gasteiger partial charge in [0.1, 0.15) is 5.75 Å². The standard InChI is InChI=1S/C22H21F7O3/c1-2-3-12-10-30-21(31-11-12)15-5-4-13(18(25)19(15)26)6-7-22(28,29)32-14-8-16(23)20(27)17(24)9-14/h4-5,8-9,12,21H,2-3,6-7,10-11H2,1H3. The SMILES string of the molecule is CCCC1COC(c2ccc(CCC(F)(F)Oc3cc(F)c(F)c(F)c3)c(F)c2F)OC1. The Labute approximate surface area is 180 Å². The van der Waals surface area contributed by atoms with Crippen molar-refractivity contribution in [2.75, 3.05) is 13.2 Å². The van der Waals surface area contributed by atoms with Gasteiger partial charge in [-0.25, -0.2) is 22.0 Å². The van der Waals surface area contributed by atoms with E-state index in [0.717, 1.165) is 18.9 Å². The molecule has 1 aliphatic heterocycles. The molecule has 0 aliphatic carbocycles. The first-order valence-corrected chi connectivity index (χ1v) is 10.0. The van der Waals surface area contributed by atoms with Gasteiger partial charge in [0.05, 0.1) is 19.6 Å². The zero-order valence-corrected chi connectivity index (χ0v) is 17.1. The lowest BCUT2D eigenvalue weighted by molar-refractivity contribution is -0.207. The quantitative estimate of drug-likeness (QED) is 0.331. The third kappa shape index (κ3) is 5.72. The lowest BCUT2D eigenvalue weighted by atomic mass is 10.0. The molecule has 2 aromatic rings. The van der Waals surface area contributed by atoms with Gasteiger partial charge in [0.2, 0.25) is 0 Å². The maximum absolute atomic E-state index is 14.5. The van der Waals surface area contributed by atoms with Crippen molar-refractivity contribution in [3.05, 3.63) is 64.5 Å². The number of benzene rings is 2. The minimum Gasteiger partial charge on any atom is -0.432 e. The molecule has 0 radical (unpaired) electrons. The average molecular weight is 466 g/mol. The molecular weight excluding hydrogens is 445 g/mol. The molecule has 2 aromatic carbocycles. The molecule has 1 aliphatic rings. The zero-order chi connectivity index (χ0) is 23.5. The Morgan fingerprint density at radius 2 is 1.56 bits per heavy atom. The molecule has 0 aromatic heterocycles. The maximum atomic E-state index is 14.5. The second kappa shape index (κ2) is 10.1. The van der Waals surface area contributed by atoms with Crippen LogP contribution in [0.2, 0.25) is 0 Å². The fraction of sp³-hybridized carbons (Fsp3) is 0.455. The van der Waals surface area contributed by atoms with Gasteiger partial charge >= 0.3 is 6.11 Å². The second-order valence-corrected chi connectivity index (χ2v) is 7.54. The number of alkyl halides is 2. The van der Waals surface area contributed by atoms with Crippen LogP contribution in [0.4, 0.5) is 30.7 Å². The molecule has 1 fully saturated rings. The Bertz CT molecular complexity index is 920. The molecule has 1 heterocycles. The van der Waals surface area contributed by atoms with Crippen LogP contribution in [0.1, 0.15) is 43.6 Å². The van der Waals surface area contributed by atoms with E-state index in [2.05, 4.69) is 4.74 Å². The maximum Gasteiger partial charge on any atom is 0.398 e. The van der Waals surface area contributed by atoms with Gasteiger partial charge in [-0.1, -0.05) is 25.5 Å². The zero-order valence-electron chi connectivity index (χ0n) is 17.1. The van der Waals surface area contributed by atoms with Crippen molar-refractivity contribution in [1.29, 1.82) is 0 Å². The largest absolute Gasteiger partial charge is 0.432 e. The summed E-state index contributed by atoms with van der Waals surface area (Å²) in [6, 6.07) is 2.85. The summed E-state index contributed by atoms with van der Waals surface area (Å²) < 4.78 is 111. The first-order chi connectivity index (χ1) is 15.1. The van der Waals surface area contributed by atoms with Crippen molar-refractivity contribution in [1.82, 2.24) is 0 Å². The number of ether oxygens (including phenoxy) is 3. The van der Waals surface area contributed by atoms with Gasteiger partial charge in [-0.05, 0) is 18.4 Å². The fourth-order valence-electron chi connectivity index (χ4n) is 3.37. The van der Waals surface area contributed by atoms with E-state index < -0.39 is 60.1 Å². The summed E-state index contributed by atoms with van der Waals surface area (Å²) in [5.74, 6) is -8.62. The molecular formula is C22H21F7O3. The van der Waals surface area contributed by atoms with Crippen LogP contribution in [-0.2, 0) is 15.9 Å². The summed E-state index contributed by atoms with van der Waals surface area (Å²) in [5, 5.41) is 0. The van der Waals surface area contributed by atoms with E-state index in [0.29, 0.717) is 13.2 Å². The van der Waals surface area contributed by atoms with Gasteiger partial charge in [0, 0.05) is 23.6 Å². The van der Waals surface area contributed by atoms with Crippen molar-refractivity contribution in [3.8, 4) is 5.75 Å². The van der Waals surface area contributed by atoms with Crippen LogP contribution in [0, 0.1) is 35.0 Å². The number of hydrogen-bond donors (Lipinski definition) is 0. The summed E-state index contributed by atoms with van der Waals surface area (Å²) in [7, 11) is 0. The van der Waals surface area contributed by atoms with Crippen molar-refractivity contribution >= 4 is 0 Å². The monoisotopic (exact) mass is 466 g/mol. The van der Waals surface area contributed by atoms with Crippen molar-refractivity contribution in [2.24, 2.45) is 5.92 Å². The number of rotatable bonds is 8. The molecule has 0 saturated carbocycles. The van der Waals surface area contributed by atoms with Gasteiger partial charge in [0.15, 0.2) is 35.4 Å². The summed E-state index contributed by atoms with van der Waals surface area (Å²) in [6.07, 6.45) is -5.05. The normalized spacial score (nSPS) is 19.2. The predicted molar refractivity (Wildman–Crippen MR) is 99.6 cm³/mol. The van der Waals surface area contributed by atoms with Gasteiger partial charge in [-0.15, -0.1) is 0 Å². The highest BCUT2D eigenvalue weighted by Gasteiger charge is 2.33. The molecule has 176 valence electrons. The van der Waals surface area contributed by atoms with Gasteiger partial charge in [-0.2, -0.15) is 8.78 Å². The second-order valence-electron chi connectivity index (χ2n) is 7.54. The molecule has 0 N–H and O–H groups in total. The first kappa shape index (κ1) is 24.3. The highest BCUT2D eigenvalue weighted by atomic mass is 19.3. The lowest BCUT2D eigenvalue weighted by Gasteiger charge is -2.29. The fourth-order valence-corrected chi connectivity index (χ4v) is 3.37. The molecule has 0 amide bonds. The molecule has 0 bridgehead atoms. The third-order valence-electron chi connectivity index (χ3n) is 5.02. The Morgan fingerprint density at radius 3 is 2.16 bits per heavy atom.